The zero-order valence-corrected chi connectivity index (χ0v) is 10.8. The van der Waals surface area contributed by atoms with Gasteiger partial charge in [0.2, 0.25) is 0 Å². The average Bonchev–Trinajstić information content (AvgIpc) is 2.16. The molecule has 0 aromatic carbocycles. The molecule has 0 radical (unpaired) electrons. The van der Waals surface area contributed by atoms with Crippen LogP contribution in [0.4, 0.5) is 0 Å². The molecule has 0 saturated heterocycles. The van der Waals surface area contributed by atoms with Crippen LogP contribution in [0.25, 0.3) is 0 Å². The van der Waals surface area contributed by atoms with Crippen LogP contribution < -0.4 is 0 Å². The Balaban J connectivity index is 3.08. The maximum absolute atomic E-state index is 2.44. The summed E-state index contributed by atoms with van der Waals surface area (Å²) in [6, 6.07) is 0. The van der Waals surface area contributed by atoms with Crippen molar-refractivity contribution in [3.8, 4) is 0 Å². The summed E-state index contributed by atoms with van der Waals surface area (Å²) in [4.78, 5) is 0. The van der Waals surface area contributed by atoms with E-state index in [0.717, 1.165) is 12.8 Å². The second-order valence-corrected chi connectivity index (χ2v) is 4.20. The van der Waals surface area contributed by atoms with Gasteiger partial charge in [0.25, 0.3) is 0 Å². The molecule has 0 aromatic rings. The average molecular weight is 292 g/mol. The van der Waals surface area contributed by atoms with Crippen molar-refractivity contribution in [3.63, 3.8) is 0 Å². The number of alkyl halides is 1. The van der Waals surface area contributed by atoms with Crippen LogP contribution in [0.15, 0.2) is 24.3 Å². The first kappa shape index (κ1) is 13.2. The largest absolute Gasteiger partial charge is 0.0885 e. The van der Waals surface area contributed by atoms with Crippen LogP contribution in [0.3, 0.4) is 0 Å². The molecule has 0 bridgehead atoms. The van der Waals surface area contributed by atoms with Gasteiger partial charge in [0.05, 0.1) is 0 Å². The van der Waals surface area contributed by atoms with Crippen molar-refractivity contribution in [3.05, 3.63) is 24.3 Å². The Morgan fingerprint density at radius 3 is 2.38 bits per heavy atom. The van der Waals surface area contributed by atoms with E-state index < -0.39 is 0 Å². The van der Waals surface area contributed by atoms with Gasteiger partial charge in [-0.15, -0.1) is 0 Å². The highest BCUT2D eigenvalue weighted by molar-refractivity contribution is 14.1. The molecule has 0 aromatic heterocycles. The van der Waals surface area contributed by atoms with Crippen LogP contribution in [0.2, 0.25) is 0 Å². The number of allylic oxidation sites excluding steroid dienone is 4. The predicted octanol–water partition coefficient (Wildman–Crippen LogP) is 4.89. The number of rotatable bonds is 8. The molecule has 0 amide bonds. The van der Waals surface area contributed by atoms with E-state index in [9.17, 15) is 0 Å². The topological polar surface area (TPSA) is 0 Å². The molecule has 0 aliphatic carbocycles. The summed E-state index contributed by atoms with van der Waals surface area (Å²) < 4.78 is 1.31. The van der Waals surface area contributed by atoms with Gasteiger partial charge in [-0.25, -0.2) is 0 Å². The first-order valence-corrected chi connectivity index (χ1v) is 6.80. The van der Waals surface area contributed by atoms with Crippen LogP contribution >= 0.6 is 22.6 Å². The van der Waals surface area contributed by atoms with Crippen LogP contribution in [0, 0.1) is 0 Å². The van der Waals surface area contributed by atoms with Crippen molar-refractivity contribution in [2.45, 2.75) is 45.4 Å². The Labute approximate surface area is 96.6 Å². The minimum Gasteiger partial charge on any atom is -0.0885 e. The van der Waals surface area contributed by atoms with E-state index >= 15 is 0 Å². The Bertz CT molecular complexity index is 136. The van der Waals surface area contributed by atoms with Gasteiger partial charge in [-0.2, -0.15) is 0 Å². The normalized spacial score (nSPS) is 11.8. The second kappa shape index (κ2) is 12.2. The van der Waals surface area contributed by atoms with Crippen LogP contribution in [0.5, 0.6) is 0 Å². The molecular weight excluding hydrogens is 271 g/mol. The fourth-order valence-electron chi connectivity index (χ4n) is 1.09. The lowest BCUT2D eigenvalue weighted by molar-refractivity contribution is 0.738. The number of hydrogen-bond acceptors (Lipinski definition) is 0. The number of unbranched alkanes of at least 4 members (excludes halogenated alkanes) is 3. The predicted molar refractivity (Wildman–Crippen MR) is 70.5 cm³/mol. The molecule has 13 heavy (non-hydrogen) atoms. The first-order valence-electron chi connectivity index (χ1n) is 5.27. The summed E-state index contributed by atoms with van der Waals surface area (Å²) in [5.74, 6) is 0. The van der Waals surface area contributed by atoms with Crippen molar-refractivity contribution in [1.82, 2.24) is 0 Å². The Hall–Kier alpha value is 0.210. The molecule has 1 heteroatoms. The zero-order valence-electron chi connectivity index (χ0n) is 8.64. The van der Waals surface area contributed by atoms with Crippen molar-refractivity contribution < 1.29 is 0 Å². The molecule has 0 heterocycles. The van der Waals surface area contributed by atoms with E-state index in [2.05, 4.69) is 53.8 Å². The number of halogens is 1. The quantitative estimate of drug-likeness (QED) is 0.258. The maximum atomic E-state index is 2.44. The van der Waals surface area contributed by atoms with Gasteiger partial charge in [0.1, 0.15) is 0 Å². The third-order valence-electron chi connectivity index (χ3n) is 1.85. The third kappa shape index (κ3) is 12.2. The highest BCUT2D eigenvalue weighted by Gasteiger charge is 1.83. The molecule has 76 valence electrons. The lowest BCUT2D eigenvalue weighted by atomic mass is 10.2. The molecule has 0 aliphatic heterocycles. The van der Waals surface area contributed by atoms with E-state index in [1.54, 1.807) is 0 Å². The standard InChI is InChI=1S/C12H21I/c1-2-3-4-5-6-7-8-9-10-11-12-13/h3-4,6-7H,2,5,8-12H2,1H3/b4-3-,7-6-. The molecule has 0 nitrogen and oxygen atoms in total. The first-order chi connectivity index (χ1) is 6.41. The fourth-order valence-corrected chi connectivity index (χ4v) is 1.63. The van der Waals surface area contributed by atoms with Gasteiger partial charge >= 0.3 is 0 Å². The van der Waals surface area contributed by atoms with Gasteiger partial charge in [0.15, 0.2) is 0 Å². The van der Waals surface area contributed by atoms with Crippen molar-refractivity contribution in [1.29, 1.82) is 0 Å². The zero-order chi connectivity index (χ0) is 9.78. The fraction of sp³-hybridized carbons (Fsp3) is 0.667. The monoisotopic (exact) mass is 292 g/mol. The van der Waals surface area contributed by atoms with Crippen LogP contribution in [-0.2, 0) is 0 Å². The van der Waals surface area contributed by atoms with Crippen LogP contribution in [0.1, 0.15) is 45.4 Å². The summed E-state index contributed by atoms with van der Waals surface area (Å²) in [6.45, 7) is 2.17. The van der Waals surface area contributed by atoms with Crippen LogP contribution in [-0.4, -0.2) is 4.43 Å². The second-order valence-electron chi connectivity index (χ2n) is 3.13. The highest BCUT2D eigenvalue weighted by Crippen LogP contribution is 2.03. The minimum atomic E-state index is 1.11. The summed E-state index contributed by atoms with van der Waals surface area (Å²) >= 11 is 2.44. The van der Waals surface area contributed by atoms with E-state index in [1.165, 1.54) is 30.1 Å². The SMILES string of the molecule is CC/C=C\C/C=C\CCCCCI. The summed E-state index contributed by atoms with van der Waals surface area (Å²) in [5.41, 5.74) is 0. The highest BCUT2D eigenvalue weighted by atomic mass is 127. The van der Waals surface area contributed by atoms with Crippen molar-refractivity contribution in [2.24, 2.45) is 0 Å². The van der Waals surface area contributed by atoms with Gasteiger partial charge in [-0.1, -0.05) is 60.2 Å². The third-order valence-corrected chi connectivity index (χ3v) is 2.61. The molecular formula is C12H21I. The molecule has 0 spiro atoms. The molecule has 0 saturated carbocycles. The van der Waals surface area contributed by atoms with E-state index in [-0.39, 0.29) is 0 Å². The summed E-state index contributed by atoms with van der Waals surface area (Å²) in [6.07, 6.45) is 16.7. The minimum absolute atomic E-state index is 1.11. The Morgan fingerprint density at radius 1 is 0.923 bits per heavy atom. The maximum Gasteiger partial charge on any atom is -0.000473 e. The van der Waals surface area contributed by atoms with Gasteiger partial charge in [-0.05, 0) is 36.5 Å². The molecule has 0 atom stereocenters. The lowest BCUT2D eigenvalue weighted by Crippen LogP contribution is -1.75. The number of hydrogen-bond donors (Lipinski definition) is 0. The molecule has 0 aliphatic rings. The van der Waals surface area contributed by atoms with E-state index in [4.69, 9.17) is 0 Å². The Morgan fingerprint density at radius 2 is 1.69 bits per heavy atom. The summed E-state index contributed by atoms with van der Waals surface area (Å²) in [7, 11) is 0. The Kier molecular flexibility index (Phi) is 12.4. The van der Waals surface area contributed by atoms with E-state index in [1.807, 2.05) is 0 Å². The van der Waals surface area contributed by atoms with E-state index in [0.29, 0.717) is 0 Å². The molecule has 0 rings (SSSR count). The molecule has 0 fully saturated rings. The lowest BCUT2D eigenvalue weighted by Gasteiger charge is -1.92. The van der Waals surface area contributed by atoms with Crippen molar-refractivity contribution in [2.75, 3.05) is 4.43 Å². The molecule has 0 unspecified atom stereocenters. The van der Waals surface area contributed by atoms with Gasteiger partial charge < -0.3 is 0 Å². The van der Waals surface area contributed by atoms with Gasteiger partial charge in [0, 0.05) is 0 Å². The smallest absolute Gasteiger partial charge is 0.000473 e. The van der Waals surface area contributed by atoms with Crippen molar-refractivity contribution >= 4 is 22.6 Å². The van der Waals surface area contributed by atoms with Gasteiger partial charge in [-0.3, -0.25) is 0 Å². The summed E-state index contributed by atoms with van der Waals surface area (Å²) in [5, 5.41) is 0. The molecule has 0 N–H and O–H groups in total.